The molecule has 1 N–H and O–H groups in total. The Morgan fingerprint density at radius 3 is 2.39 bits per heavy atom. The molecule has 2 heterocycles. The largest absolute Gasteiger partial charge is 0.416 e. The van der Waals surface area contributed by atoms with Gasteiger partial charge in [0.25, 0.3) is 5.91 Å². The number of aryl methyl sites for hydroxylation is 1. The van der Waals surface area contributed by atoms with Crippen LogP contribution in [0.15, 0.2) is 47.5 Å². The normalized spacial score (nSPS) is 17.1. The zero-order valence-corrected chi connectivity index (χ0v) is 27.8. The van der Waals surface area contributed by atoms with Crippen molar-refractivity contribution >= 4 is 31.2 Å². The molecule has 1 aromatic heterocycles. The van der Waals surface area contributed by atoms with E-state index in [2.05, 4.69) is 51.5 Å². The number of benzene rings is 2. The summed E-state index contributed by atoms with van der Waals surface area (Å²) in [7, 11) is -0.260. The minimum atomic E-state index is -4.57. The van der Waals surface area contributed by atoms with Gasteiger partial charge in [-0.2, -0.15) is 18.2 Å². The van der Waals surface area contributed by atoms with Crippen LogP contribution >= 0.6 is 0 Å². The summed E-state index contributed by atoms with van der Waals surface area (Å²) in [5.41, 5.74) is 2.90. The van der Waals surface area contributed by atoms with Gasteiger partial charge in [-0.3, -0.25) is 9.59 Å². The second-order valence-corrected chi connectivity index (χ2v) is 18.3. The van der Waals surface area contributed by atoms with Crippen molar-refractivity contribution in [1.29, 1.82) is 0 Å². The van der Waals surface area contributed by atoms with Crippen molar-refractivity contribution < 1.29 is 27.2 Å². The lowest BCUT2D eigenvalue weighted by Gasteiger charge is -2.42. The summed E-state index contributed by atoms with van der Waals surface area (Å²) in [4.78, 5) is 35.3. The smallest absolute Gasteiger partial charge is 0.416 e. The van der Waals surface area contributed by atoms with Crippen LogP contribution in [0, 0.1) is 0 Å². The molecule has 11 heteroatoms. The Hall–Kier alpha value is -3.18. The van der Waals surface area contributed by atoms with Gasteiger partial charge in [0.15, 0.2) is 8.32 Å². The molecule has 0 spiro atoms. The SMILES string of the molecule is CC(C)[Si](OCCCn1/c(=N/C(=O)c2cccc(C(F)(F)F)c2)[nH]c2cc(C3CCCN(C)C3=O)ccc21)(C(C)C)C(C)C. The van der Waals surface area contributed by atoms with Crippen LogP contribution in [0.5, 0.6) is 0 Å². The monoisotopic (exact) mass is 630 g/mol. The summed E-state index contributed by atoms with van der Waals surface area (Å²) in [5.74, 6) is -0.954. The number of halogens is 3. The first kappa shape index (κ1) is 33.7. The van der Waals surface area contributed by atoms with Crippen LogP contribution in [-0.4, -0.2) is 54.8 Å². The Labute approximate surface area is 258 Å². The summed E-state index contributed by atoms with van der Waals surface area (Å²) in [6, 6.07) is 10.1. The number of amides is 2. The van der Waals surface area contributed by atoms with Gasteiger partial charge in [-0.05, 0) is 71.8 Å². The number of rotatable bonds is 10. The molecule has 1 fully saturated rings. The first-order valence-electron chi connectivity index (χ1n) is 15.5. The third kappa shape index (κ3) is 6.88. The number of hydrogen-bond donors (Lipinski definition) is 1. The van der Waals surface area contributed by atoms with Gasteiger partial charge in [0.05, 0.1) is 22.5 Å². The number of imidazole rings is 1. The first-order chi connectivity index (χ1) is 20.7. The average molecular weight is 631 g/mol. The van der Waals surface area contributed by atoms with Gasteiger partial charge in [-0.15, -0.1) is 0 Å². The van der Waals surface area contributed by atoms with E-state index in [4.69, 9.17) is 4.43 Å². The lowest BCUT2D eigenvalue weighted by atomic mass is 9.90. The Balaban J connectivity index is 1.70. The van der Waals surface area contributed by atoms with Gasteiger partial charge < -0.3 is 18.9 Å². The highest BCUT2D eigenvalue weighted by molar-refractivity contribution is 6.77. The summed E-state index contributed by atoms with van der Waals surface area (Å²) in [5, 5.41) is 0. The minimum absolute atomic E-state index is 0.0740. The minimum Gasteiger partial charge on any atom is -0.416 e. The molecule has 1 unspecified atom stereocenters. The molecule has 0 aliphatic carbocycles. The van der Waals surface area contributed by atoms with Crippen LogP contribution in [-0.2, 0) is 21.9 Å². The fourth-order valence-electron chi connectivity index (χ4n) is 7.02. The Bertz CT molecular complexity index is 1540. The molecule has 7 nitrogen and oxygen atoms in total. The molecule has 240 valence electrons. The van der Waals surface area contributed by atoms with Crippen molar-refractivity contribution in [3.8, 4) is 0 Å². The third-order valence-electron chi connectivity index (χ3n) is 9.11. The van der Waals surface area contributed by atoms with Crippen LogP contribution < -0.4 is 5.62 Å². The number of fused-ring (bicyclic) bond motifs is 1. The predicted octanol–water partition coefficient (Wildman–Crippen LogP) is 7.65. The van der Waals surface area contributed by atoms with E-state index in [1.165, 1.54) is 12.1 Å². The van der Waals surface area contributed by atoms with Crippen molar-refractivity contribution in [2.24, 2.45) is 4.99 Å². The molecule has 1 atom stereocenters. The van der Waals surface area contributed by atoms with E-state index in [-0.39, 0.29) is 23.0 Å². The zero-order valence-electron chi connectivity index (χ0n) is 26.8. The van der Waals surface area contributed by atoms with E-state index >= 15 is 0 Å². The van der Waals surface area contributed by atoms with Crippen LogP contribution in [0.2, 0.25) is 16.6 Å². The number of aromatic amines is 1. The Morgan fingerprint density at radius 2 is 1.75 bits per heavy atom. The molecule has 2 amide bonds. The molecule has 4 rings (SSSR count). The van der Waals surface area contributed by atoms with Crippen LogP contribution in [0.25, 0.3) is 11.0 Å². The lowest BCUT2D eigenvalue weighted by molar-refractivity contribution is -0.137. The molecule has 1 saturated heterocycles. The highest BCUT2D eigenvalue weighted by Gasteiger charge is 2.44. The summed E-state index contributed by atoms with van der Waals surface area (Å²) >= 11 is 0. The lowest BCUT2D eigenvalue weighted by Crippen LogP contribution is -2.48. The number of carbonyl (C=O) groups excluding carboxylic acids is 2. The fraction of sp³-hybridized carbons (Fsp3) is 0.545. The van der Waals surface area contributed by atoms with Gasteiger partial charge in [-0.1, -0.05) is 53.7 Å². The molecular weight excluding hydrogens is 585 g/mol. The van der Waals surface area contributed by atoms with Crippen molar-refractivity contribution in [2.45, 2.75) is 96.1 Å². The van der Waals surface area contributed by atoms with Gasteiger partial charge >= 0.3 is 6.18 Å². The number of carbonyl (C=O) groups is 2. The molecule has 1 aliphatic rings. The molecule has 1 aliphatic heterocycles. The van der Waals surface area contributed by atoms with Gasteiger partial charge in [-0.25, -0.2) is 0 Å². The number of H-pyrrole nitrogens is 1. The second-order valence-electron chi connectivity index (χ2n) is 12.8. The second kappa shape index (κ2) is 13.4. The number of likely N-dealkylation sites (tertiary alicyclic amines) is 1. The topological polar surface area (TPSA) is 79.7 Å². The number of likely N-dealkylation sites (N-methyl/N-ethyl adjacent to an activating group) is 1. The molecular formula is C33H45F3N4O3Si. The van der Waals surface area contributed by atoms with Crippen molar-refractivity contribution in [1.82, 2.24) is 14.5 Å². The van der Waals surface area contributed by atoms with Crippen LogP contribution in [0.4, 0.5) is 13.2 Å². The van der Waals surface area contributed by atoms with E-state index in [0.29, 0.717) is 41.7 Å². The number of nitrogens with one attached hydrogen (secondary N) is 1. The summed E-state index contributed by atoms with van der Waals surface area (Å²) in [6.45, 7) is 15.2. The number of hydrogen-bond acceptors (Lipinski definition) is 3. The standard InChI is InChI=1S/C33H45F3N4O3Si/c1-21(2)44(22(3)4,23(5)6)43-18-10-17-40-29-15-14-24(27-13-9-16-39(7)31(27)42)20-28(29)37-32(40)38-30(41)25-11-8-12-26(19-25)33(34,35)36/h8,11-12,14-15,19-23,27H,9-10,13,16-18H2,1-7H3,(H,37,38,41). The maximum Gasteiger partial charge on any atom is 0.416 e. The molecule has 3 aromatic rings. The Kier molecular flexibility index (Phi) is 10.3. The summed E-state index contributed by atoms with van der Waals surface area (Å²) < 4.78 is 48.6. The van der Waals surface area contributed by atoms with E-state index in [0.717, 1.165) is 42.6 Å². The quantitative estimate of drug-likeness (QED) is 0.185. The van der Waals surface area contributed by atoms with E-state index in [9.17, 15) is 22.8 Å². The van der Waals surface area contributed by atoms with Crippen LogP contribution in [0.3, 0.4) is 0 Å². The number of alkyl halides is 3. The van der Waals surface area contributed by atoms with Crippen molar-refractivity contribution in [3.63, 3.8) is 0 Å². The maximum absolute atomic E-state index is 13.3. The summed E-state index contributed by atoms with van der Waals surface area (Å²) in [6.07, 6.45) is -2.24. The third-order valence-corrected chi connectivity index (χ3v) is 15.2. The van der Waals surface area contributed by atoms with Gasteiger partial charge in [0.2, 0.25) is 11.5 Å². The molecule has 44 heavy (non-hydrogen) atoms. The highest BCUT2D eigenvalue weighted by atomic mass is 28.4. The highest BCUT2D eigenvalue weighted by Crippen LogP contribution is 2.42. The van der Waals surface area contributed by atoms with Gasteiger partial charge in [0, 0.05) is 32.3 Å². The van der Waals surface area contributed by atoms with Crippen molar-refractivity contribution in [3.05, 3.63) is 64.8 Å². The molecule has 0 radical (unpaired) electrons. The van der Waals surface area contributed by atoms with Crippen molar-refractivity contribution in [2.75, 3.05) is 20.2 Å². The molecule has 0 saturated carbocycles. The van der Waals surface area contributed by atoms with E-state index in [1.807, 2.05) is 29.8 Å². The fourth-order valence-corrected chi connectivity index (χ4v) is 12.5. The number of piperidine rings is 1. The van der Waals surface area contributed by atoms with E-state index in [1.54, 1.807) is 4.90 Å². The zero-order chi connectivity index (χ0) is 32.4. The van der Waals surface area contributed by atoms with Gasteiger partial charge in [0.1, 0.15) is 0 Å². The maximum atomic E-state index is 13.3. The predicted molar refractivity (Wildman–Crippen MR) is 169 cm³/mol. The van der Waals surface area contributed by atoms with Crippen LogP contribution in [0.1, 0.15) is 88.2 Å². The van der Waals surface area contributed by atoms with E-state index < -0.39 is 26.0 Å². The molecule has 0 bridgehead atoms. The Morgan fingerprint density at radius 1 is 1.07 bits per heavy atom. The average Bonchev–Trinajstić information content (AvgIpc) is 3.29. The number of aromatic nitrogens is 2. The number of nitrogens with zero attached hydrogens (tertiary/aromatic N) is 3. The first-order valence-corrected chi connectivity index (χ1v) is 17.7. The molecule has 2 aromatic carbocycles.